The number of halogens is 3. The summed E-state index contributed by atoms with van der Waals surface area (Å²) < 4.78 is 34.8. The minimum absolute atomic E-state index is 0.0287. The molecular weight excluding hydrogens is 575 g/mol. The van der Waals surface area contributed by atoms with Crippen molar-refractivity contribution in [2.24, 2.45) is 5.92 Å². The van der Waals surface area contributed by atoms with Crippen LogP contribution in [0.5, 0.6) is 11.5 Å². The zero-order valence-electron chi connectivity index (χ0n) is 20.9. The summed E-state index contributed by atoms with van der Waals surface area (Å²) in [7, 11) is -3.69. The van der Waals surface area contributed by atoms with Gasteiger partial charge in [-0.1, -0.05) is 59.1 Å². The molecule has 4 aromatic rings. The Hall–Kier alpha value is -2.74. The van der Waals surface area contributed by atoms with E-state index in [1.54, 1.807) is 30.3 Å². The Morgan fingerprint density at radius 2 is 1.46 bits per heavy atom. The van der Waals surface area contributed by atoms with Gasteiger partial charge in [0.05, 0.1) is 10.9 Å². The van der Waals surface area contributed by atoms with Gasteiger partial charge in [-0.15, -0.1) is 0 Å². The van der Waals surface area contributed by atoms with E-state index >= 15 is 0 Å². The number of nitrogens with one attached hydrogen (secondary N) is 1. The normalized spacial score (nSPS) is 17.7. The molecule has 0 radical (unpaired) electrons. The fraction of sp³-hybridized carbons (Fsp3) is 0.200. The van der Waals surface area contributed by atoms with E-state index in [9.17, 15) is 8.42 Å². The lowest BCUT2D eigenvalue weighted by atomic mass is 9.88. The molecule has 1 N–H and O–H groups in total. The number of nitrogens with zero attached hydrogens (tertiary/aromatic N) is 1. The smallest absolute Gasteiger partial charge is 0.240 e. The summed E-state index contributed by atoms with van der Waals surface area (Å²) in [6.45, 7) is 0.966. The molecule has 0 aliphatic carbocycles. The molecule has 1 aliphatic rings. The molecule has 2 unspecified atom stereocenters. The Kier molecular flexibility index (Phi) is 8.70. The van der Waals surface area contributed by atoms with Crippen molar-refractivity contribution in [1.82, 2.24) is 4.72 Å². The molecular formula is C30H27Cl3N2O3S. The second-order valence-corrected chi connectivity index (χ2v) is 12.5. The highest BCUT2D eigenvalue weighted by Crippen LogP contribution is 2.40. The second-order valence-electron chi connectivity index (χ2n) is 9.49. The number of rotatable bonds is 8. The molecule has 0 bridgehead atoms. The molecule has 5 nitrogen and oxygen atoms in total. The van der Waals surface area contributed by atoms with Gasteiger partial charge in [-0.25, -0.2) is 13.1 Å². The van der Waals surface area contributed by atoms with Crippen LogP contribution in [0.4, 0.5) is 5.69 Å². The van der Waals surface area contributed by atoms with Crippen molar-refractivity contribution in [2.45, 2.75) is 23.8 Å². The Bertz CT molecular complexity index is 1520. The summed E-state index contributed by atoms with van der Waals surface area (Å²) in [4.78, 5) is 2.46. The number of sulfonamides is 1. The maximum Gasteiger partial charge on any atom is 0.240 e. The molecule has 1 aliphatic heterocycles. The fourth-order valence-electron chi connectivity index (χ4n) is 4.85. The molecule has 4 aromatic carbocycles. The first kappa shape index (κ1) is 27.8. The molecule has 5 rings (SSSR count). The van der Waals surface area contributed by atoms with Crippen LogP contribution in [0, 0.1) is 5.92 Å². The van der Waals surface area contributed by atoms with Crippen LogP contribution in [0.2, 0.25) is 15.1 Å². The standard InChI is InChI=1S/C30H27Cl3N2O3S/c31-22-7-10-24(11-8-22)35-20-21(6-17-30(35)28-16-9-23(32)18-29(28)33)19-34-39(36,37)27-14-12-26(13-15-27)38-25-4-2-1-3-5-25/h1-5,7-16,18,21,30,34H,6,17,19-20H2. The Labute approximate surface area is 244 Å². The molecule has 2 atom stereocenters. The maximum atomic E-state index is 13.1. The first-order valence-electron chi connectivity index (χ1n) is 12.6. The van der Waals surface area contributed by atoms with Crippen LogP contribution in [0.25, 0.3) is 0 Å². The average Bonchev–Trinajstić information content (AvgIpc) is 2.93. The van der Waals surface area contributed by atoms with E-state index in [2.05, 4.69) is 9.62 Å². The Balaban J connectivity index is 1.28. The van der Waals surface area contributed by atoms with Crippen LogP contribution < -0.4 is 14.4 Å². The van der Waals surface area contributed by atoms with Crippen molar-refractivity contribution in [3.05, 3.63) is 118 Å². The minimum atomic E-state index is -3.69. The zero-order chi connectivity index (χ0) is 27.4. The number of hydrogen-bond acceptors (Lipinski definition) is 4. The molecule has 0 spiro atoms. The molecule has 1 fully saturated rings. The second kappa shape index (κ2) is 12.2. The van der Waals surface area contributed by atoms with Crippen molar-refractivity contribution < 1.29 is 13.2 Å². The van der Waals surface area contributed by atoms with E-state index < -0.39 is 10.0 Å². The molecule has 0 aromatic heterocycles. The minimum Gasteiger partial charge on any atom is -0.457 e. The lowest BCUT2D eigenvalue weighted by Crippen LogP contribution is -2.42. The van der Waals surface area contributed by atoms with E-state index in [1.165, 1.54) is 0 Å². The third-order valence-corrected chi connectivity index (χ3v) is 9.09. The first-order valence-corrected chi connectivity index (χ1v) is 15.2. The number of piperidine rings is 1. The lowest BCUT2D eigenvalue weighted by molar-refractivity contribution is 0.358. The molecule has 9 heteroatoms. The summed E-state index contributed by atoms with van der Waals surface area (Å²) in [6, 6.07) is 29.0. The highest BCUT2D eigenvalue weighted by atomic mass is 35.5. The van der Waals surface area contributed by atoms with E-state index in [0.29, 0.717) is 39.7 Å². The van der Waals surface area contributed by atoms with Crippen LogP contribution in [0.3, 0.4) is 0 Å². The highest BCUT2D eigenvalue weighted by Gasteiger charge is 2.31. The molecule has 0 amide bonds. The summed E-state index contributed by atoms with van der Waals surface area (Å²) >= 11 is 18.9. The van der Waals surface area contributed by atoms with Crippen molar-refractivity contribution in [1.29, 1.82) is 0 Å². The van der Waals surface area contributed by atoms with Crippen LogP contribution in [-0.2, 0) is 10.0 Å². The van der Waals surface area contributed by atoms with E-state index in [4.69, 9.17) is 39.5 Å². The topological polar surface area (TPSA) is 58.6 Å². The van der Waals surface area contributed by atoms with Gasteiger partial charge in [0.1, 0.15) is 11.5 Å². The molecule has 1 saturated heterocycles. The van der Waals surface area contributed by atoms with Crippen LogP contribution >= 0.6 is 34.8 Å². The van der Waals surface area contributed by atoms with E-state index in [1.807, 2.05) is 66.7 Å². The molecule has 39 heavy (non-hydrogen) atoms. The first-order chi connectivity index (χ1) is 18.8. The van der Waals surface area contributed by atoms with Gasteiger partial charge < -0.3 is 9.64 Å². The predicted molar refractivity (Wildman–Crippen MR) is 159 cm³/mol. The molecule has 1 heterocycles. The third-order valence-electron chi connectivity index (χ3n) is 6.83. The number of ether oxygens (including phenoxy) is 1. The highest BCUT2D eigenvalue weighted by molar-refractivity contribution is 7.89. The number of benzene rings is 4. The predicted octanol–water partition coefficient (Wildman–Crippen LogP) is 8.38. The molecule has 0 saturated carbocycles. The van der Waals surface area contributed by atoms with Gasteiger partial charge in [-0.2, -0.15) is 0 Å². The zero-order valence-corrected chi connectivity index (χ0v) is 24.0. The van der Waals surface area contributed by atoms with E-state index in [0.717, 1.165) is 24.1 Å². The fourth-order valence-corrected chi connectivity index (χ4v) is 6.62. The van der Waals surface area contributed by atoms with Gasteiger partial charge in [0.2, 0.25) is 10.0 Å². The van der Waals surface area contributed by atoms with Gasteiger partial charge in [-0.05, 0) is 97.1 Å². The maximum absolute atomic E-state index is 13.1. The molecule has 202 valence electrons. The Morgan fingerprint density at radius 1 is 0.795 bits per heavy atom. The van der Waals surface area contributed by atoms with Gasteiger partial charge >= 0.3 is 0 Å². The van der Waals surface area contributed by atoms with Crippen LogP contribution in [-0.4, -0.2) is 21.5 Å². The van der Waals surface area contributed by atoms with Crippen molar-refractivity contribution >= 4 is 50.5 Å². The summed E-state index contributed by atoms with van der Waals surface area (Å²) in [6.07, 6.45) is 1.64. The summed E-state index contributed by atoms with van der Waals surface area (Å²) in [5.41, 5.74) is 1.99. The Morgan fingerprint density at radius 3 is 2.15 bits per heavy atom. The quantitative estimate of drug-likeness (QED) is 0.220. The monoisotopic (exact) mass is 600 g/mol. The van der Waals surface area contributed by atoms with Gasteiger partial charge in [-0.3, -0.25) is 0 Å². The van der Waals surface area contributed by atoms with Crippen molar-refractivity contribution in [2.75, 3.05) is 18.0 Å². The number of hydrogen-bond donors (Lipinski definition) is 1. The lowest BCUT2D eigenvalue weighted by Gasteiger charge is -2.42. The number of anilines is 1. The van der Waals surface area contributed by atoms with Gasteiger partial charge in [0.25, 0.3) is 0 Å². The van der Waals surface area contributed by atoms with Gasteiger partial charge in [0.15, 0.2) is 0 Å². The number of para-hydroxylation sites is 1. The summed E-state index contributed by atoms with van der Waals surface area (Å²) in [5.74, 6) is 1.35. The van der Waals surface area contributed by atoms with Crippen LogP contribution in [0.15, 0.2) is 102 Å². The summed E-state index contributed by atoms with van der Waals surface area (Å²) in [5, 5.41) is 1.86. The van der Waals surface area contributed by atoms with Crippen molar-refractivity contribution in [3.8, 4) is 11.5 Å². The largest absolute Gasteiger partial charge is 0.457 e. The van der Waals surface area contributed by atoms with Gasteiger partial charge in [0, 0.05) is 33.8 Å². The van der Waals surface area contributed by atoms with Crippen molar-refractivity contribution in [3.63, 3.8) is 0 Å². The SMILES string of the molecule is O=S(=O)(NCC1CCC(c2ccc(Cl)cc2Cl)N(c2ccc(Cl)cc2)C1)c1ccc(Oc2ccccc2)cc1. The van der Waals surface area contributed by atoms with Crippen LogP contribution in [0.1, 0.15) is 24.4 Å². The van der Waals surface area contributed by atoms with E-state index in [-0.39, 0.29) is 16.9 Å². The average molecular weight is 602 g/mol. The third kappa shape index (κ3) is 6.89.